The van der Waals surface area contributed by atoms with Crippen molar-refractivity contribution >= 4 is 33.2 Å². The number of methoxy groups -OCH3 is 1. The van der Waals surface area contributed by atoms with E-state index in [4.69, 9.17) is 0 Å². The average molecular weight is 600 g/mol. The summed E-state index contributed by atoms with van der Waals surface area (Å²) in [6.07, 6.45) is -3.10. The second-order valence-electron chi connectivity index (χ2n) is 10.8. The van der Waals surface area contributed by atoms with E-state index in [1.54, 1.807) is 42.6 Å². The van der Waals surface area contributed by atoms with Crippen LogP contribution in [0.1, 0.15) is 37.6 Å². The Morgan fingerprint density at radius 2 is 1.74 bits per heavy atom. The largest absolute Gasteiger partial charge is 0.468 e. The molecule has 0 saturated heterocycles. The molecule has 42 heavy (non-hydrogen) atoms. The molecule has 1 aliphatic heterocycles. The first-order valence-corrected chi connectivity index (χ1v) is 14.3. The summed E-state index contributed by atoms with van der Waals surface area (Å²) in [5, 5.41) is 7.30. The first kappa shape index (κ1) is 29.1. The molecule has 3 heterocycles. The molecule has 1 aliphatic rings. The van der Waals surface area contributed by atoms with Gasteiger partial charge in [0, 0.05) is 17.3 Å². The van der Waals surface area contributed by atoms with E-state index in [1.807, 2.05) is 20.8 Å². The Morgan fingerprint density at radius 1 is 1.02 bits per heavy atom. The zero-order valence-electron chi connectivity index (χ0n) is 23.2. The number of carbonyl (C=O) groups is 1. The molecule has 5 rings (SSSR count). The van der Waals surface area contributed by atoms with E-state index in [1.165, 1.54) is 30.0 Å². The lowest BCUT2D eigenvalue weighted by Gasteiger charge is -2.25. The van der Waals surface area contributed by atoms with E-state index in [2.05, 4.69) is 20.1 Å². The van der Waals surface area contributed by atoms with Crippen LogP contribution in [-0.2, 0) is 44.2 Å². The van der Waals surface area contributed by atoms with Gasteiger partial charge >= 0.3 is 12.1 Å². The van der Waals surface area contributed by atoms with Crippen molar-refractivity contribution in [1.82, 2.24) is 14.8 Å². The number of sulfonamides is 1. The third kappa shape index (κ3) is 5.69. The molecule has 4 aromatic rings. The minimum absolute atomic E-state index is 0.0255. The molecule has 0 aliphatic carbocycles. The van der Waals surface area contributed by atoms with Crippen LogP contribution >= 0.6 is 0 Å². The number of benzene rings is 2. The highest BCUT2D eigenvalue weighted by atomic mass is 32.2. The van der Waals surface area contributed by atoms with E-state index in [9.17, 15) is 26.4 Å². The fraction of sp³-hybridized carbons (Fsp3) is 0.276. The summed E-state index contributed by atoms with van der Waals surface area (Å²) in [6.45, 7) is 5.65. The number of pyridine rings is 1. The van der Waals surface area contributed by atoms with Gasteiger partial charge in [-0.2, -0.15) is 18.3 Å². The Bertz CT molecular complexity index is 1760. The van der Waals surface area contributed by atoms with Gasteiger partial charge in [0.1, 0.15) is 18.1 Å². The van der Waals surface area contributed by atoms with Crippen LogP contribution in [0.2, 0.25) is 0 Å². The number of rotatable bonds is 5. The summed E-state index contributed by atoms with van der Waals surface area (Å²) in [4.78, 5) is 15.5. The quantitative estimate of drug-likeness (QED) is 0.285. The number of fused-ring (bicyclic) bond motifs is 2. The number of esters is 1. The zero-order valence-corrected chi connectivity index (χ0v) is 24.0. The molecule has 1 N–H and O–H groups in total. The number of nitrogens with zero attached hydrogens (tertiary/aromatic N) is 4. The molecule has 0 fully saturated rings. The van der Waals surface area contributed by atoms with Crippen molar-refractivity contribution in [2.45, 2.75) is 50.3 Å². The van der Waals surface area contributed by atoms with Crippen molar-refractivity contribution in [2.24, 2.45) is 0 Å². The van der Waals surface area contributed by atoms with Crippen LogP contribution in [0.15, 0.2) is 71.8 Å². The standard InChI is InChI=1S/C29H28F3N5O4S/c1-28(2,3)20-7-9-21(10-8-20)42(39,40)37-16-19-6-12-25(29(30,31)32)34-27(19)33-23-11-5-18(15-24(23)37)22-13-14-36(35-22)17-26(38)41-4/h5-15H,16-17H2,1-4H3,(H,33,34). The predicted octanol–water partition coefficient (Wildman–Crippen LogP) is 5.89. The van der Waals surface area contributed by atoms with Crippen molar-refractivity contribution in [2.75, 3.05) is 16.7 Å². The van der Waals surface area contributed by atoms with Gasteiger partial charge in [0.25, 0.3) is 10.0 Å². The number of alkyl halides is 3. The molecule has 0 amide bonds. The maximum atomic E-state index is 14.1. The molecule has 13 heteroatoms. The van der Waals surface area contributed by atoms with Crippen molar-refractivity contribution in [3.63, 3.8) is 0 Å². The lowest BCUT2D eigenvalue weighted by molar-refractivity contribution is -0.142. The number of halogens is 3. The van der Waals surface area contributed by atoms with E-state index < -0.39 is 27.9 Å². The molecule has 2 aromatic heterocycles. The van der Waals surface area contributed by atoms with Gasteiger partial charge in [-0.1, -0.05) is 45.0 Å². The second-order valence-corrected chi connectivity index (χ2v) is 12.7. The van der Waals surface area contributed by atoms with Crippen LogP contribution < -0.4 is 9.62 Å². The van der Waals surface area contributed by atoms with E-state index >= 15 is 0 Å². The summed E-state index contributed by atoms with van der Waals surface area (Å²) in [7, 11) is -2.93. The SMILES string of the molecule is COC(=O)Cn1ccc(-c2ccc3c(c2)N(S(=O)(=O)c2ccc(C(C)(C)C)cc2)Cc2ccc(C(F)(F)F)nc2N3)n1. The van der Waals surface area contributed by atoms with Crippen molar-refractivity contribution in [1.29, 1.82) is 0 Å². The van der Waals surface area contributed by atoms with Gasteiger partial charge in [0.15, 0.2) is 0 Å². The molecule has 0 atom stereocenters. The summed E-state index contributed by atoms with van der Waals surface area (Å²) < 4.78 is 75.9. The zero-order chi connectivity index (χ0) is 30.4. The first-order valence-electron chi connectivity index (χ1n) is 12.9. The molecule has 9 nitrogen and oxygen atoms in total. The van der Waals surface area contributed by atoms with E-state index in [0.29, 0.717) is 11.3 Å². The van der Waals surface area contributed by atoms with Crippen LogP contribution in [0, 0.1) is 0 Å². The van der Waals surface area contributed by atoms with Gasteiger partial charge in [-0.05, 0) is 47.4 Å². The highest BCUT2D eigenvalue weighted by Crippen LogP contribution is 2.41. The molecular formula is C29H28F3N5O4S. The van der Waals surface area contributed by atoms with Gasteiger partial charge < -0.3 is 10.1 Å². The maximum Gasteiger partial charge on any atom is 0.433 e. The third-order valence-corrected chi connectivity index (χ3v) is 8.64. The summed E-state index contributed by atoms with van der Waals surface area (Å²) >= 11 is 0. The molecular weight excluding hydrogens is 571 g/mol. The number of hydrogen-bond acceptors (Lipinski definition) is 7. The fourth-order valence-corrected chi connectivity index (χ4v) is 5.97. The van der Waals surface area contributed by atoms with Crippen molar-refractivity contribution in [3.8, 4) is 11.3 Å². The van der Waals surface area contributed by atoms with Crippen molar-refractivity contribution < 1.29 is 31.1 Å². The van der Waals surface area contributed by atoms with E-state index in [-0.39, 0.29) is 46.2 Å². The number of aromatic nitrogens is 3. The van der Waals surface area contributed by atoms with Gasteiger partial charge in [0.05, 0.1) is 35.6 Å². The average Bonchev–Trinajstić information content (AvgIpc) is 3.32. The lowest BCUT2D eigenvalue weighted by Crippen LogP contribution is -2.30. The molecule has 0 radical (unpaired) electrons. The topological polar surface area (TPSA) is 106 Å². The van der Waals surface area contributed by atoms with Crippen LogP contribution in [0.25, 0.3) is 11.3 Å². The van der Waals surface area contributed by atoms with Crippen LogP contribution in [-0.4, -0.2) is 36.3 Å². The monoisotopic (exact) mass is 599 g/mol. The highest BCUT2D eigenvalue weighted by molar-refractivity contribution is 7.92. The number of hydrogen-bond donors (Lipinski definition) is 1. The highest BCUT2D eigenvalue weighted by Gasteiger charge is 2.36. The summed E-state index contributed by atoms with van der Waals surface area (Å²) in [6, 6.07) is 15.1. The molecule has 220 valence electrons. The minimum atomic E-state index is -4.68. The summed E-state index contributed by atoms with van der Waals surface area (Å²) in [5.41, 5.74) is 1.32. The predicted molar refractivity (Wildman–Crippen MR) is 151 cm³/mol. The minimum Gasteiger partial charge on any atom is -0.468 e. The second kappa shape index (κ2) is 10.5. The van der Waals surface area contributed by atoms with Gasteiger partial charge in [-0.3, -0.25) is 13.8 Å². The maximum absolute atomic E-state index is 14.1. The smallest absolute Gasteiger partial charge is 0.433 e. The van der Waals surface area contributed by atoms with Crippen molar-refractivity contribution in [3.05, 3.63) is 83.7 Å². The van der Waals surface area contributed by atoms with Gasteiger partial charge in [0.2, 0.25) is 0 Å². The fourth-order valence-electron chi connectivity index (χ4n) is 4.52. The molecule has 0 saturated carbocycles. The summed E-state index contributed by atoms with van der Waals surface area (Å²) in [5.74, 6) is -0.587. The number of ether oxygens (including phenoxy) is 1. The van der Waals surface area contributed by atoms with Crippen LogP contribution in [0.4, 0.5) is 30.4 Å². The Balaban J connectivity index is 1.63. The molecule has 0 spiro atoms. The normalized spacial score (nSPS) is 13.5. The molecule has 0 bridgehead atoms. The van der Waals surface area contributed by atoms with E-state index in [0.717, 1.165) is 15.9 Å². The Morgan fingerprint density at radius 3 is 2.38 bits per heavy atom. The van der Waals surface area contributed by atoms with Crippen LogP contribution in [0.5, 0.6) is 0 Å². The number of nitrogens with one attached hydrogen (secondary N) is 1. The first-order chi connectivity index (χ1) is 19.7. The Labute approximate surface area is 241 Å². The Hall–Kier alpha value is -4.39. The Kier molecular flexibility index (Phi) is 7.25. The van der Waals surface area contributed by atoms with Crippen LogP contribution in [0.3, 0.4) is 0 Å². The van der Waals surface area contributed by atoms with Gasteiger partial charge in [-0.25, -0.2) is 13.4 Å². The molecule has 2 aromatic carbocycles. The molecule has 0 unspecified atom stereocenters. The number of carbonyl (C=O) groups excluding carboxylic acids is 1. The van der Waals surface area contributed by atoms with Gasteiger partial charge in [-0.15, -0.1) is 0 Å². The lowest BCUT2D eigenvalue weighted by atomic mass is 9.87. The number of anilines is 3. The third-order valence-electron chi connectivity index (χ3n) is 6.87.